The zero-order chi connectivity index (χ0) is 8.27. The predicted octanol–water partition coefficient (Wildman–Crippen LogP) is -0.142. The van der Waals surface area contributed by atoms with Gasteiger partial charge in [-0.3, -0.25) is 4.79 Å². The largest absolute Gasteiger partial charge is 0.481 e. The van der Waals surface area contributed by atoms with E-state index in [0.29, 0.717) is 6.61 Å². The second-order valence-corrected chi connectivity index (χ2v) is 2.68. The maximum atomic E-state index is 10.5. The minimum Gasteiger partial charge on any atom is -0.481 e. The van der Waals surface area contributed by atoms with Gasteiger partial charge in [0.1, 0.15) is 5.92 Å². The quantitative estimate of drug-likeness (QED) is 0.603. The fraction of sp³-hybridized carbons (Fsp3) is 0.857. The highest BCUT2D eigenvalue weighted by atomic mass is 16.5. The lowest BCUT2D eigenvalue weighted by Gasteiger charge is -2.15. The van der Waals surface area contributed by atoms with Gasteiger partial charge in [0, 0.05) is 6.61 Å². The molecule has 0 radical (unpaired) electrons. The summed E-state index contributed by atoms with van der Waals surface area (Å²) in [4.78, 5) is 10.5. The molecule has 0 aromatic carbocycles. The van der Waals surface area contributed by atoms with E-state index in [2.05, 4.69) is 0 Å². The third-order valence-electron chi connectivity index (χ3n) is 1.93. The molecular weight excluding hydrogens is 148 g/mol. The Labute approximate surface area is 64.8 Å². The van der Waals surface area contributed by atoms with Gasteiger partial charge < -0.3 is 14.9 Å². The number of hydrogen-bond donors (Lipinski definition) is 2. The SMILES string of the molecule is O=C(O)C(CO)C1CCCO1. The van der Waals surface area contributed by atoms with Crippen LogP contribution in [0, 0.1) is 5.92 Å². The molecule has 64 valence electrons. The average molecular weight is 160 g/mol. The van der Waals surface area contributed by atoms with E-state index in [1.54, 1.807) is 0 Å². The Morgan fingerprint density at radius 2 is 2.45 bits per heavy atom. The monoisotopic (exact) mass is 160 g/mol. The number of hydrogen-bond acceptors (Lipinski definition) is 3. The van der Waals surface area contributed by atoms with E-state index < -0.39 is 11.9 Å². The molecular formula is C7H12O4. The molecule has 0 aromatic heterocycles. The van der Waals surface area contributed by atoms with Crippen LogP contribution in [-0.2, 0) is 9.53 Å². The summed E-state index contributed by atoms with van der Waals surface area (Å²) in [5, 5.41) is 17.3. The predicted molar refractivity (Wildman–Crippen MR) is 37.2 cm³/mol. The Hall–Kier alpha value is -0.610. The molecule has 0 aromatic rings. The first-order chi connectivity index (χ1) is 5.25. The van der Waals surface area contributed by atoms with Gasteiger partial charge in [0.05, 0.1) is 12.7 Å². The van der Waals surface area contributed by atoms with E-state index >= 15 is 0 Å². The molecule has 1 rings (SSSR count). The maximum absolute atomic E-state index is 10.5. The van der Waals surface area contributed by atoms with Gasteiger partial charge in [-0.05, 0) is 12.8 Å². The molecule has 1 saturated heterocycles. The van der Waals surface area contributed by atoms with Crippen LogP contribution in [0.15, 0.2) is 0 Å². The zero-order valence-electron chi connectivity index (χ0n) is 6.19. The fourth-order valence-electron chi connectivity index (χ4n) is 1.27. The molecule has 4 heteroatoms. The van der Waals surface area contributed by atoms with Gasteiger partial charge in [0.2, 0.25) is 0 Å². The van der Waals surface area contributed by atoms with Crippen molar-refractivity contribution in [1.82, 2.24) is 0 Å². The van der Waals surface area contributed by atoms with Crippen LogP contribution in [0.1, 0.15) is 12.8 Å². The molecule has 0 spiro atoms. The molecule has 1 fully saturated rings. The molecule has 0 aliphatic carbocycles. The van der Waals surface area contributed by atoms with Crippen LogP contribution in [0.3, 0.4) is 0 Å². The lowest BCUT2D eigenvalue weighted by molar-refractivity contribution is -0.148. The van der Waals surface area contributed by atoms with Gasteiger partial charge in [-0.25, -0.2) is 0 Å². The molecule has 0 bridgehead atoms. The Balaban J connectivity index is 2.46. The zero-order valence-corrected chi connectivity index (χ0v) is 6.19. The van der Waals surface area contributed by atoms with Crippen molar-refractivity contribution in [1.29, 1.82) is 0 Å². The third-order valence-corrected chi connectivity index (χ3v) is 1.93. The molecule has 11 heavy (non-hydrogen) atoms. The number of carbonyl (C=O) groups is 1. The number of carboxylic acids is 1. The highest BCUT2D eigenvalue weighted by Crippen LogP contribution is 2.20. The van der Waals surface area contributed by atoms with Gasteiger partial charge in [-0.1, -0.05) is 0 Å². The summed E-state index contributed by atoms with van der Waals surface area (Å²) in [7, 11) is 0. The second kappa shape index (κ2) is 3.69. The first kappa shape index (κ1) is 8.49. The third kappa shape index (κ3) is 1.91. The molecule has 2 N–H and O–H groups in total. The van der Waals surface area contributed by atoms with Crippen LogP contribution in [0.2, 0.25) is 0 Å². The Morgan fingerprint density at radius 3 is 2.82 bits per heavy atom. The van der Waals surface area contributed by atoms with E-state index in [9.17, 15) is 4.79 Å². The summed E-state index contributed by atoms with van der Waals surface area (Å²) < 4.78 is 5.13. The van der Waals surface area contributed by atoms with Crippen molar-refractivity contribution in [2.75, 3.05) is 13.2 Å². The van der Waals surface area contributed by atoms with Crippen LogP contribution in [0.4, 0.5) is 0 Å². The first-order valence-corrected chi connectivity index (χ1v) is 3.71. The van der Waals surface area contributed by atoms with E-state index in [1.165, 1.54) is 0 Å². The summed E-state index contributed by atoms with van der Waals surface area (Å²) in [6, 6.07) is 0. The van der Waals surface area contributed by atoms with Gasteiger partial charge in [-0.2, -0.15) is 0 Å². The van der Waals surface area contributed by atoms with Crippen LogP contribution < -0.4 is 0 Å². The van der Waals surface area contributed by atoms with Gasteiger partial charge in [-0.15, -0.1) is 0 Å². The normalized spacial score (nSPS) is 26.8. The standard InChI is InChI=1S/C7H12O4/c8-4-5(7(9)10)6-2-1-3-11-6/h5-6,8H,1-4H2,(H,9,10). The van der Waals surface area contributed by atoms with Gasteiger partial charge in [0.25, 0.3) is 0 Å². The molecule has 1 aliphatic rings. The minimum absolute atomic E-state index is 0.280. The molecule has 0 saturated carbocycles. The summed E-state index contributed by atoms with van der Waals surface area (Å²) in [5.41, 5.74) is 0. The van der Waals surface area contributed by atoms with Crippen molar-refractivity contribution in [2.45, 2.75) is 18.9 Å². The summed E-state index contributed by atoms with van der Waals surface area (Å²) in [5.74, 6) is -1.71. The first-order valence-electron chi connectivity index (χ1n) is 3.71. The summed E-state index contributed by atoms with van der Waals surface area (Å²) in [6.07, 6.45) is 1.36. The average Bonchev–Trinajstić information content (AvgIpc) is 2.40. The van der Waals surface area contributed by atoms with E-state index in [-0.39, 0.29) is 12.7 Å². The fourth-order valence-corrected chi connectivity index (χ4v) is 1.27. The highest BCUT2D eigenvalue weighted by molar-refractivity contribution is 5.70. The van der Waals surface area contributed by atoms with Crippen LogP contribution >= 0.6 is 0 Å². The number of carboxylic acid groups (broad SMARTS) is 1. The highest BCUT2D eigenvalue weighted by Gasteiger charge is 2.30. The summed E-state index contributed by atoms with van der Waals surface area (Å²) >= 11 is 0. The number of aliphatic hydroxyl groups is 1. The number of ether oxygens (including phenoxy) is 1. The van der Waals surface area contributed by atoms with Crippen molar-refractivity contribution in [2.24, 2.45) is 5.92 Å². The van der Waals surface area contributed by atoms with Crippen molar-refractivity contribution in [3.8, 4) is 0 Å². The number of aliphatic carboxylic acids is 1. The van der Waals surface area contributed by atoms with Crippen molar-refractivity contribution in [3.05, 3.63) is 0 Å². The smallest absolute Gasteiger partial charge is 0.311 e. The Kier molecular flexibility index (Phi) is 2.84. The molecule has 2 unspecified atom stereocenters. The van der Waals surface area contributed by atoms with Crippen molar-refractivity contribution in [3.63, 3.8) is 0 Å². The Bertz CT molecular complexity index is 139. The van der Waals surface area contributed by atoms with Crippen molar-refractivity contribution < 1.29 is 19.7 Å². The van der Waals surface area contributed by atoms with Gasteiger partial charge >= 0.3 is 5.97 Å². The van der Waals surface area contributed by atoms with Crippen LogP contribution in [-0.4, -0.2) is 35.5 Å². The van der Waals surface area contributed by atoms with Gasteiger partial charge in [0.15, 0.2) is 0 Å². The number of rotatable bonds is 3. The van der Waals surface area contributed by atoms with E-state index in [4.69, 9.17) is 14.9 Å². The Morgan fingerprint density at radius 1 is 1.73 bits per heavy atom. The number of aliphatic hydroxyl groups excluding tert-OH is 1. The van der Waals surface area contributed by atoms with Crippen LogP contribution in [0.5, 0.6) is 0 Å². The van der Waals surface area contributed by atoms with Crippen molar-refractivity contribution >= 4 is 5.97 Å². The molecule has 0 amide bonds. The lowest BCUT2D eigenvalue weighted by atomic mass is 10.0. The molecule has 2 atom stereocenters. The molecule has 1 heterocycles. The molecule has 1 aliphatic heterocycles. The maximum Gasteiger partial charge on any atom is 0.311 e. The van der Waals surface area contributed by atoms with Crippen LogP contribution in [0.25, 0.3) is 0 Å². The summed E-state index contributed by atoms with van der Waals surface area (Å²) in [6.45, 7) is 0.286. The molecule has 4 nitrogen and oxygen atoms in total. The second-order valence-electron chi connectivity index (χ2n) is 2.68. The topological polar surface area (TPSA) is 66.8 Å². The van der Waals surface area contributed by atoms with E-state index in [1.807, 2.05) is 0 Å². The lowest BCUT2D eigenvalue weighted by Crippen LogP contribution is -2.30. The van der Waals surface area contributed by atoms with E-state index in [0.717, 1.165) is 12.8 Å². The minimum atomic E-state index is -0.973.